The van der Waals surface area contributed by atoms with E-state index in [-0.39, 0.29) is 12.6 Å². The summed E-state index contributed by atoms with van der Waals surface area (Å²) < 4.78 is 5.48. The largest absolute Gasteiger partial charge is 0.480 e. The minimum absolute atomic E-state index is 0.164. The number of carboxylic acids is 1. The van der Waals surface area contributed by atoms with E-state index in [9.17, 15) is 4.79 Å². The number of anilines is 2. The number of aliphatic carboxylic acids is 1. The summed E-state index contributed by atoms with van der Waals surface area (Å²) in [5, 5.41) is 14.4. The molecule has 1 aliphatic rings. The summed E-state index contributed by atoms with van der Waals surface area (Å²) in [5.41, 5.74) is 0. The van der Waals surface area contributed by atoms with Gasteiger partial charge in [0, 0.05) is 19.2 Å². The minimum Gasteiger partial charge on any atom is -0.480 e. The van der Waals surface area contributed by atoms with Gasteiger partial charge >= 0.3 is 5.97 Å². The molecule has 1 aromatic rings. The Labute approximate surface area is 105 Å². The lowest BCUT2D eigenvalue weighted by Gasteiger charge is -2.11. The molecule has 0 aromatic carbocycles. The van der Waals surface area contributed by atoms with Crippen LogP contribution in [0, 0.1) is 0 Å². The maximum Gasteiger partial charge on any atom is 0.322 e. The average Bonchev–Trinajstić information content (AvgIpc) is 2.87. The highest BCUT2D eigenvalue weighted by atomic mass is 16.5. The van der Waals surface area contributed by atoms with Gasteiger partial charge in [-0.05, 0) is 12.8 Å². The molecule has 1 fully saturated rings. The van der Waals surface area contributed by atoms with Crippen molar-refractivity contribution in [2.75, 3.05) is 30.3 Å². The summed E-state index contributed by atoms with van der Waals surface area (Å²) >= 11 is 0. The van der Waals surface area contributed by atoms with Crippen LogP contribution in [0.3, 0.4) is 0 Å². The molecule has 0 saturated carbocycles. The predicted octanol–water partition coefficient (Wildman–Crippen LogP) is 0.564. The third kappa shape index (κ3) is 3.85. The predicted molar refractivity (Wildman–Crippen MR) is 65.6 cm³/mol. The van der Waals surface area contributed by atoms with Crippen molar-refractivity contribution in [3.05, 3.63) is 12.4 Å². The minimum atomic E-state index is -0.928. The van der Waals surface area contributed by atoms with Gasteiger partial charge in [-0.1, -0.05) is 0 Å². The highest BCUT2D eigenvalue weighted by Crippen LogP contribution is 2.13. The Morgan fingerprint density at radius 1 is 1.44 bits per heavy atom. The number of carboxylic acid groups (broad SMARTS) is 1. The Hall–Kier alpha value is -1.89. The number of rotatable bonds is 6. The highest BCUT2D eigenvalue weighted by molar-refractivity contribution is 5.72. The molecule has 7 heteroatoms. The topological polar surface area (TPSA) is 96.4 Å². The summed E-state index contributed by atoms with van der Waals surface area (Å²) in [6.45, 7) is 1.36. The molecule has 0 aliphatic carbocycles. The summed E-state index contributed by atoms with van der Waals surface area (Å²) in [5.74, 6) is 0.220. The number of nitrogens with one attached hydrogen (secondary N) is 2. The average molecular weight is 252 g/mol. The second kappa shape index (κ2) is 6.15. The Bertz CT molecular complexity index is 407. The molecule has 0 bridgehead atoms. The van der Waals surface area contributed by atoms with E-state index in [0.717, 1.165) is 19.4 Å². The van der Waals surface area contributed by atoms with Crippen molar-refractivity contribution in [1.29, 1.82) is 0 Å². The molecule has 3 N–H and O–H groups in total. The highest BCUT2D eigenvalue weighted by Gasteiger charge is 2.15. The van der Waals surface area contributed by atoms with E-state index >= 15 is 0 Å². The van der Waals surface area contributed by atoms with E-state index in [2.05, 4.69) is 20.6 Å². The number of nitrogens with zero attached hydrogens (tertiary/aromatic N) is 2. The van der Waals surface area contributed by atoms with Crippen LogP contribution < -0.4 is 10.6 Å². The van der Waals surface area contributed by atoms with Crippen molar-refractivity contribution >= 4 is 17.6 Å². The zero-order valence-corrected chi connectivity index (χ0v) is 9.93. The molecule has 2 rings (SSSR count). The third-order valence-electron chi connectivity index (χ3n) is 2.62. The first kappa shape index (κ1) is 12.6. The fraction of sp³-hybridized carbons (Fsp3) is 0.545. The van der Waals surface area contributed by atoms with Gasteiger partial charge in [-0.15, -0.1) is 0 Å². The van der Waals surface area contributed by atoms with E-state index in [1.807, 2.05) is 0 Å². The summed E-state index contributed by atoms with van der Waals surface area (Å²) in [7, 11) is 0. The third-order valence-corrected chi connectivity index (χ3v) is 2.62. The van der Waals surface area contributed by atoms with Gasteiger partial charge < -0.3 is 20.5 Å². The van der Waals surface area contributed by atoms with Crippen molar-refractivity contribution in [2.45, 2.75) is 18.9 Å². The van der Waals surface area contributed by atoms with Crippen LogP contribution in [0.1, 0.15) is 12.8 Å². The molecule has 1 aliphatic heterocycles. The molecule has 0 amide bonds. The van der Waals surface area contributed by atoms with Crippen LogP contribution in [0.2, 0.25) is 0 Å². The maximum absolute atomic E-state index is 10.4. The van der Waals surface area contributed by atoms with E-state index in [1.54, 1.807) is 6.07 Å². The fourth-order valence-electron chi connectivity index (χ4n) is 1.74. The van der Waals surface area contributed by atoms with Gasteiger partial charge in [0.15, 0.2) is 0 Å². The van der Waals surface area contributed by atoms with E-state index < -0.39 is 5.97 Å². The second-order valence-electron chi connectivity index (χ2n) is 4.05. The van der Waals surface area contributed by atoms with Crippen LogP contribution >= 0.6 is 0 Å². The molecular formula is C11H16N4O3. The Balaban J connectivity index is 1.84. The van der Waals surface area contributed by atoms with Crippen molar-refractivity contribution in [3.63, 3.8) is 0 Å². The zero-order valence-electron chi connectivity index (χ0n) is 9.93. The van der Waals surface area contributed by atoms with Gasteiger partial charge in [-0.3, -0.25) is 4.79 Å². The van der Waals surface area contributed by atoms with Gasteiger partial charge in [-0.2, -0.15) is 0 Å². The van der Waals surface area contributed by atoms with Crippen molar-refractivity contribution < 1.29 is 14.6 Å². The van der Waals surface area contributed by atoms with Gasteiger partial charge in [0.25, 0.3) is 0 Å². The van der Waals surface area contributed by atoms with E-state index in [4.69, 9.17) is 9.84 Å². The summed E-state index contributed by atoms with van der Waals surface area (Å²) in [4.78, 5) is 18.4. The second-order valence-corrected chi connectivity index (χ2v) is 4.05. The van der Waals surface area contributed by atoms with Gasteiger partial charge in [0.2, 0.25) is 0 Å². The first-order valence-corrected chi connectivity index (χ1v) is 5.87. The Morgan fingerprint density at radius 3 is 2.89 bits per heavy atom. The molecule has 0 radical (unpaired) electrons. The molecule has 1 atom stereocenters. The number of ether oxygens (including phenoxy) is 1. The molecule has 98 valence electrons. The van der Waals surface area contributed by atoms with Crippen molar-refractivity contribution in [3.8, 4) is 0 Å². The van der Waals surface area contributed by atoms with Gasteiger partial charge in [-0.25, -0.2) is 9.97 Å². The van der Waals surface area contributed by atoms with Gasteiger partial charge in [0.1, 0.15) is 24.5 Å². The lowest BCUT2D eigenvalue weighted by molar-refractivity contribution is -0.134. The van der Waals surface area contributed by atoms with Crippen LogP contribution in [0.4, 0.5) is 11.6 Å². The Kier molecular flexibility index (Phi) is 4.30. The fourth-order valence-corrected chi connectivity index (χ4v) is 1.74. The molecular weight excluding hydrogens is 236 g/mol. The summed E-state index contributed by atoms with van der Waals surface area (Å²) in [6, 6.07) is 1.68. The molecule has 1 aromatic heterocycles. The van der Waals surface area contributed by atoms with Crippen LogP contribution in [0.25, 0.3) is 0 Å². The van der Waals surface area contributed by atoms with E-state index in [0.29, 0.717) is 18.2 Å². The maximum atomic E-state index is 10.4. The van der Waals surface area contributed by atoms with Crippen LogP contribution in [-0.4, -0.2) is 46.8 Å². The van der Waals surface area contributed by atoms with Gasteiger partial charge in [0.05, 0.1) is 6.10 Å². The number of carbonyl (C=O) groups is 1. The first-order chi connectivity index (χ1) is 8.74. The lowest BCUT2D eigenvalue weighted by Crippen LogP contribution is -2.19. The van der Waals surface area contributed by atoms with E-state index in [1.165, 1.54) is 6.33 Å². The van der Waals surface area contributed by atoms with Crippen LogP contribution in [0.15, 0.2) is 12.4 Å². The SMILES string of the molecule is O=C(O)CNc1cc(NCC2CCCO2)ncn1. The monoisotopic (exact) mass is 252 g/mol. The molecule has 0 spiro atoms. The zero-order chi connectivity index (χ0) is 12.8. The normalized spacial score (nSPS) is 18.6. The molecule has 1 saturated heterocycles. The van der Waals surface area contributed by atoms with Crippen LogP contribution in [-0.2, 0) is 9.53 Å². The summed E-state index contributed by atoms with van der Waals surface area (Å²) in [6.07, 6.45) is 3.78. The first-order valence-electron chi connectivity index (χ1n) is 5.87. The molecule has 1 unspecified atom stereocenters. The molecule has 18 heavy (non-hydrogen) atoms. The van der Waals surface area contributed by atoms with Crippen molar-refractivity contribution in [2.24, 2.45) is 0 Å². The van der Waals surface area contributed by atoms with Crippen LogP contribution in [0.5, 0.6) is 0 Å². The number of aromatic nitrogens is 2. The lowest BCUT2D eigenvalue weighted by atomic mass is 10.2. The Morgan fingerprint density at radius 2 is 2.22 bits per heavy atom. The number of hydrogen-bond donors (Lipinski definition) is 3. The quantitative estimate of drug-likeness (QED) is 0.680. The number of hydrogen-bond acceptors (Lipinski definition) is 6. The standard InChI is InChI=1S/C11H16N4O3/c16-11(17)6-13-10-4-9(14-7-15-10)12-5-8-2-1-3-18-8/h4,7-8H,1-3,5-6H2,(H,16,17)(H2,12,13,14,15). The molecule has 7 nitrogen and oxygen atoms in total. The van der Waals surface area contributed by atoms with Crippen molar-refractivity contribution in [1.82, 2.24) is 9.97 Å². The smallest absolute Gasteiger partial charge is 0.322 e. The molecule has 2 heterocycles.